The van der Waals surface area contributed by atoms with Crippen LogP contribution in [0, 0.1) is 0 Å². The van der Waals surface area contributed by atoms with Gasteiger partial charge in [-0.05, 0) is 18.1 Å². The van der Waals surface area contributed by atoms with Crippen LogP contribution in [-0.4, -0.2) is 72.3 Å². The SMILES string of the molecule is CC(C)(C)[Si](C)(C)O[C@@H]1[C@H](OP(=O)(O)O)[C@@H](COP(=O)(O)O)O[C@H]1n1cnc2c(=O)[nH]c(N)nc21. The van der Waals surface area contributed by atoms with Crippen LogP contribution in [0.15, 0.2) is 11.1 Å². The first-order chi connectivity index (χ1) is 15.8. The first kappa shape index (κ1) is 28.1. The van der Waals surface area contributed by atoms with Crippen molar-refractivity contribution in [1.29, 1.82) is 0 Å². The lowest BCUT2D eigenvalue weighted by molar-refractivity contribution is -0.0487. The average molecular weight is 557 g/mol. The Kier molecular flexibility index (Phi) is 7.56. The van der Waals surface area contributed by atoms with Crippen LogP contribution >= 0.6 is 15.6 Å². The molecule has 16 nitrogen and oxygen atoms in total. The van der Waals surface area contributed by atoms with Crippen molar-refractivity contribution in [2.24, 2.45) is 0 Å². The minimum atomic E-state index is -5.14. The number of hydrogen-bond donors (Lipinski definition) is 6. The van der Waals surface area contributed by atoms with Gasteiger partial charge in [0.15, 0.2) is 25.7 Å². The van der Waals surface area contributed by atoms with Crippen molar-refractivity contribution >= 4 is 41.1 Å². The highest BCUT2D eigenvalue weighted by molar-refractivity contribution is 7.46. The Morgan fingerprint density at radius 2 is 1.83 bits per heavy atom. The number of ether oxygens (including phenoxy) is 1. The van der Waals surface area contributed by atoms with Gasteiger partial charge in [-0.25, -0.2) is 14.1 Å². The fourth-order valence-electron chi connectivity index (χ4n) is 3.29. The molecule has 7 N–H and O–H groups in total. The molecule has 0 saturated carbocycles. The van der Waals surface area contributed by atoms with Crippen LogP contribution in [0.1, 0.15) is 27.0 Å². The van der Waals surface area contributed by atoms with Crippen molar-refractivity contribution in [2.75, 3.05) is 12.3 Å². The van der Waals surface area contributed by atoms with Gasteiger partial charge in [0.25, 0.3) is 5.56 Å². The number of nitrogens with one attached hydrogen (secondary N) is 1. The zero-order valence-corrected chi connectivity index (χ0v) is 22.3. The second-order valence-corrected chi connectivity index (χ2v) is 16.7. The van der Waals surface area contributed by atoms with E-state index in [0.29, 0.717) is 0 Å². The summed E-state index contributed by atoms with van der Waals surface area (Å²) in [6.07, 6.45) is -4.18. The van der Waals surface area contributed by atoms with Gasteiger partial charge >= 0.3 is 15.6 Å². The number of hydrogen-bond acceptors (Lipinski definition) is 10. The number of aromatic amines is 1. The van der Waals surface area contributed by atoms with E-state index in [2.05, 4.69) is 19.5 Å². The topological polar surface area (TPSA) is 242 Å². The summed E-state index contributed by atoms with van der Waals surface area (Å²) in [6, 6.07) is 0. The van der Waals surface area contributed by atoms with E-state index >= 15 is 0 Å². The number of nitrogen functional groups attached to an aromatic ring is 1. The number of anilines is 1. The van der Waals surface area contributed by atoms with Crippen LogP contribution in [0.25, 0.3) is 11.2 Å². The fourth-order valence-corrected chi connectivity index (χ4v) is 5.49. The monoisotopic (exact) mass is 557 g/mol. The van der Waals surface area contributed by atoms with E-state index in [1.54, 1.807) is 0 Å². The van der Waals surface area contributed by atoms with Crippen molar-refractivity contribution < 1.29 is 46.9 Å². The van der Waals surface area contributed by atoms with E-state index in [1.165, 1.54) is 10.9 Å². The third-order valence-electron chi connectivity index (χ3n) is 5.91. The highest BCUT2D eigenvalue weighted by atomic mass is 31.2. The summed E-state index contributed by atoms with van der Waals surface area (Å²) in [5.41, 5.74) is 4.95. The molecule has 198 valence electrons. The van der Waals surface area contributed by atoms with Gasteiger partial charge in [-0.15, -0.1) is 0 Å². The van der Waals surface area contributed by atoms with Gasteiger partial charge < -0.3 is 34.5 Å². The predicted octanol–water partition coefficient (Wildman–Crippen LogP) is 0.577. The summed E-state index contributed by atoms with van der Waals surface area (Å²) in [5, 5.41) is -0.360. The van der Waals surface area contributed by atoms with Crippen molar-refractivity contribution in [2.45, 2.75) is 63.4 Å². The number of nitrogens with two attached hydrogens (primary N) is 1. The summed E-state index contributed by atoms with van der Waals surface area (Å²) in [6.45, 7) is 8.78. The van der Waals surface area contributed by atoms with Crippen LogP contribution < -0.4 is 11.3 Å². The molecule has 2 aromatic rings. The van der Waals surface area contributed by atoms with Crippen LogP contribution in [-0.2, 0) is 27.3 Å². The Morgan fingerprint density at radius 1 is 1.20 bits per heavy atom. The fraction of sp³-hybridized carbons (Fsp3) is 0.688. The van der Waals surface area contributed by atoms with Crippen LogP contribution in [0.5, 0.6) is 0 Å². The smallest absolute Gasteiger partial charge is 0.407 e. The van der Waals surface area contributed by atoms with Gasteiger partial charge in [0, 0.05) is 0 Å². The number of rotatable bonds is 8. The molecule has 1 aliphatic rings. The highest BCUT2D eigenvalue weighted by Gasteiger charge is 2.54. The van der Waals surface area contributed by atoms with Gasteiger partial charge in [-0.1, -0.05) is 20.8 Å². The molecule has 1 fully saturated rings. The Bertz CT molecular complexity index is 1230. The number of fused-ring (bicyclic) bond motifs is 1. The Hall–Kier alpha value is -1.49. The number of H-pyrrole nitrogens is 1. The maximum Gasteiger partial charge on any atom is 0.470 e. The third-order valence-corrected chi connectivity index (χ3v) is 11.4. The third kappa shape index (κ3) is 6.45. The lowest BCUT2D eigenvalue weighted by atomic mass is 10.1. The molecule has 35 heavy (non-hydrogen) atoms. The molecule has 4 atom stereocenters. The number of aromatic nitrogens is 4. The number of nitrogens with zero attached hydrogens (tertiary/aromatic N) is 3. The van der Waals surface area contributed by atoms with Crippen molar-refractivity contribution in [3.8, 4) is 0 Å². The standard InChI is InChI=1S/C16H29N5O11P2Si/c1-16(2,3)35(4,5)32-11-10(31-34(26,27)28)8(6-29-33(23,24)25)30-14(11)21-7-18-9-12(21)19-15(17)20-13(9)22/h7-8,10-11,14H,6H2,1-5H3,(H2,23,24,25)(H2,26,27,28)(H3,17,19,20,22)/t8-,10-,11-,14-/m1/s1. The van der Waals surface area contributed by atoms with Crippen LogP contribution in [0.2, 0.25) is 18.1 Å². The van der Waals surface area contributed by atoms with Crippen molar-refractivity contribution in [3.05, 3.63) is 16.7 Å². The number of phosphoric acid groups is 2. The quantitative estimate of drug-likeness (QED) is 0.192. The van der Waals surface area contributed by atoms with Crippen molar-refractivity contribution in [1.82, 2.24) is 19.5 Å². The molecule has 19 heteroatoms. The van der Waals surface area contributed by atoms with E-state index in [4.69, 9.17) is 29.2 Å². The summed E-state index contributed by atoms with van der Waals surface area (Å²) in [5.74, 6) is -0.214. The van der Waals surface area contributed by atoms with Gasteiger partial charge in [-0.2, -0.15) is 4.98 Å². The second kappa shape index (κ2) is 9.43. The van der Waals surface area contributed by atoms with E-state index in [0.717, 1.165) is 0 Å². The highest BCUT2D eigenvalue weighted by Crippen LogP contribution is 2.49. The van der Waals surface area contributed by atoms with Crippen LogP contribution in [0.3, 0.4) is 0 Å². The summed E-state index contributed by atoms with van der Waals surface area (Å²) < 4.78 is 46.3. The van der Waals surface area contributed by atoms with Gasteiger partial charge in [0.05, 0.1) is 12.9 Å². The van der Waals surface area contributed by atoms with E-state index < -0.39 is 60.7 Å². The summed E-state index contributed by atoms with van der Waals surface area (Å²) >= 11 is 0. The van der Waals surface area contributed by atoms with Gasteiger partial charge in [-0.3, -0.25) is 23.4 Å². The number of phosphoric ester groups is 2. The van der Waals surface area contributed by atoms with E-state index in [9.17, 15) is 23.7 Å². The van der Waals surface area contributed by atoms with Crippen molar-refractivity contribution in [3.63, 3.8) is 0 Å². The molecular weight excluding hydrogens is 528 g/mol. The molecule has 3 heterocycles. The maximum atomic E-state index is 12.2. The molecule has 0 spiro atoms. The normalized spacial score (nSPS) is 24.4. The molecule has 0 unspecified atom stereocenters. The zero-order valence-electron chi connectivity index (χ0n) is 19.6. The first-order valence-corrected chi connectivity index (χ1v) is 16.3. The lowest BCUT2D eigenvalue weighted by Gasteiger charge is -2.40. The zero-order chi connectivity index (χ0) is 26.6. The Morgan fingerprint density at radius 3 is 2.37 bits per heavy atom. The lowest BCUT2D eigenvalue weighted by Crippen LogP contribution is -2.49. The molecule has 1 aliphatic heterocycles. The molecule has 0 amide bonds. The Labute approximate surface area is 200 Å². The van der Waals surface area contributed by atoms with E-state index in [-0.39, 0.29) is 22.2 Å². The molecule has 1 saturated heterocycles. The predicted molar refractivity (Wildman–Crippen MR) is 123 cm³/mol. The molecule has 2 aromatic heterocycles. The first-order valence-electron chi connectivity index (χ1n) is 10.3. The van der Waals surface area contributed by atoms with Crippen LogP contribution in [0.4, 0.5) is 5.95 Å². The number of imidazole rings is 1. The molecule has 3 rings (SSSR count). The largest absolute Gasteiger partial charge is 0.470 e. The molecule has 0 radical (unpaired) electrons. The van der Waals surface area contributed by atoms with E-state index in [1.807, 2.05) is 33.9 Å². The molecule has 0 bridgehead atoms. The average Bonchev–Trinajstić information content (AvgIpc) is 3.19. The summed E-state index contributed by atoms with van der Waals surface area (Å²) in [4.78, 5) is 60.1. The van der Waals surface area contributed by atoms with Gasteiger partial charge in [0.1, 0.15) is 18.3 Å². The Balaban J connectivity index is 2.14. The molecule has 0 aromatic carbocycles. The maximum absolute atomic E-state index is 12.2. The molecular formula is C16H29N5O11P2Si. The van der Waals surface area contributed by atoms with Gasteiger partial charge in [0.2, 0.25) is 5.95 Å². The minimum Gasteiger partial charge on any atom is -0.407 e. The summed E-state index contributed by atoms with van der Waals surface area (Å²) in [7, 11) is -12.8. The minimum absolute atomic E-state index is 0.00781. The molecule has 0 aliphatic carbocycles. The second-order valence-electron chi connectivity index (χ2n) is 9.53.